The van der Waals surface area contributed by atoms with Crippen molar-refractivity contribution in [1.29, 1.82) is 0 Å². The summed E-state index contributed by atoms with van der Waals surface area (Å²) in [5, 5.41) is 2.05. The Bertz CT molecular complexity index is 1470. The number of H-pyrrole nitrogens is 1. The average Bonchev–Trinajstić information content (AvgIpc) is 3.43. The van der Waals surface area contributed by atoms with E-state index in [1.165, 1.54) is 33.3 Å². The molecule has 0 fully saturated rings. The zero-order valence-corrected chi connectivity index (χ0v) is 20.1. The molecule has 4 nitrogen and oxygen atoms in total. The number of nitrogens with zero attached hydrogens (tertiary/aromatic N) is 2. The molecule has 174 valence electrons. The highest BCUT2D eigenvalue weighted by molar-refractivity contribution is 6.30. The summed E-state index contributed by atoms with van der Waals surface area (Å²) < 4.78 is 0. The number of hydrogen-bond donors (Lipinski definition) is 1. The SMILES string of the molecule is O=C1C2=C(CN1Cc1ccccc1)[C@@H](c1ccc(Cl)cc1)C[C@@H]1c3[nH]c4ccccc4c3CCN21. The molecule has 1 N–H and O–H groups in total. The number of halogens is 1. The lowest BCUT2D eigenvalue weighted by Crippen LogP contribution is -2.41. The van der Waals surface area contributed by atoms with E-state index in [-0.39, 0.29) is 17.9 Å². The fourth-order valence-corrected chi connectivity index (χ4v) is 6.51. The summed E-state index contributed by atoms with van der Waals surface area (Å²) in [6.45, 7) is 2.19. The smallest absolute Gasteiger partial charge is 0.270 e. The van der Waals surface area contributed by atoms with Crippen molar-refractivity contribution in [3.63, 3.8) is 0 Å². The number of rotatable bonds is 3. The first-order valence-corrected chi connectivity index (χ1v) is 12.7. The molecule has 0 radical (unpaired) electrons. The highest BCUT2D eigenvalue weighted by atomic mass is 35.5. The van der Waals surface area contributed by atoms with Crippen molar-refractivity contribution in [2.24, 2.45) is 0 Å². The predicted molar refractivity (Wildman–Crippen MR) is 139 cm³/mol. The third-order valence-electron chi connectivity index (χ3n) is 7.97. The molecule has 2 atom stereocenters. The van der Waals surface area contributed by atoms with Crippen LogP contribution in [0, 0.1) is 0 Å². The van der Waals surface area contributed by atoms with Crippen molar-refractivity contribution >= 4 is 28.4 Å². The second-order valence-electron chi connectivity index (χ2n) is 9.88. The molecule has 3 aromatic carbocycles. The normalized spacial score (nSPS) is 21.3. The molecule has 0 unspecified atom stereocenters. The third-order valence-corrected chi connectivity index (χ3v) is 8.22. The van der Waals surface area contributed by atoms with Crippen molar-refractivity contribution in [3.8, 4) is 0 Å². The number of carbonyl (C=O) groups is 1. The van der Waals surface area contributed by atoms with E-state index in [1.807, 2.05) is 35.2 Å². The number of fused-ring (bicyclic) bond motifs is 6. The van der Waals surface area contributed by atoms with Crippen molar-refractivity contribution < 1.29 is 4.79 Å². The number of benzene rings is 3. The second kappa shape index (κ2) is 8.03. The first-order chi connectivity index (χ1) is 17.2. The Morgan fingerprint density at radius 2 is 1.71 bits per heavy atom. The molecule has 1 aromatic heterocycles. The Kier molecular flexibility index (Phi) is 4.78. The summed E-state index contributed by atoms with van der Waals surface area (Å²) >= 11 is 6.23. The van der Waals surface area contributed by atoms with Gasteiger partial charge in [0.2, 0.25) is 0 Å². The fourth-order valence-electron chi connectivity index (χ4n) is 6.38. The molecule has 3 aliphatic rings. The van der Waals surface area contributed by atoms with E-state index in [4.69, 9.17) is 11.6 Å². The van der Waals surface area contributed by atoms with Crippen LogP contribution in [-0.4, -0.2) is 33.8 Å². The number of amides is 1. The molecule has 0 bridgehead atoms. The Balaban J connectivity index is 1.32. The number of carbonyl (C=O) groups excluding carboxylic acids is 1. The van der Waals surface area contributed by atoms with Gasteiger partial charge in [0, 0.05) is 47.2 Å². The van der Waals surface area contributed by atoms with Gasteiger partial charge in [0.15, 0.2) is 0 Å². The van der Waals surface area contributed by atoms with Crippen LogP contribution in [0.15, 0.2) is 90.1 Å². The van der Waals surface area contributed by atoms with Crippen LogP contribution in [0.2, 0.25) is 5.02 Å². The lowest BCUT2D eigenvalue weighted by molar-refractivity contribution is -0.127. The standard InChI is InChI=1S/C30H26ClN3O/c31-21-12-10-20(11-13-21)24-16-27-28-23(22-8-4-5-9-26(22)32-28)14-15-34(27)29-25(24)18-33(30(29)35)17-19-6-2-1-3-7-19/h1-13,24,27,32H,14-18H2/t24-,27-/m1/s1. The summed E-state index contributed by atoms with van der Waals surface area (Å²) in [6.07, 6.45) is 1.90. The van der Waals surface area contributed by atoms with Crippen LogP contribution in [0.25, 0.3) is 10.9 Å². The maximum absolute atomic E-state index is 13.9. The van der Waals surface area contributed by atoms with Gasteiger partial charge in [-0.1, -0.05) is 72.3 Å². The molecule has 0 saturated carbocycles. The van der Waals surface area contributed by atoms with Crippen molar-refractivity contribution in [1.82, 2.24) is 14.8 Å². The topological polar surface area (TPSA) is 39.3 Å². The molecule has 0 saturated heterocycles. The van der Waals surface area contributed by atoms with E-state index in [9.17, 15) is 4.79 Å². The van der Waals surface area contributed by atoms with Crippen LogP contribution in [0.5, 0.6) is 0 Å². The number of aromatic amines is 1. The third kappa shape index (κ3) is 3.31. The van der Waals surface area contributed by atoms with Crippen LogP contribution < -0.4 is 0 Å². The summed E-state index contributed by atoms with van der Waals surface area (Å²) in [4.78, 5) is 22.1. The average molecular weight is 480 g/mol. The van der Waals surface area contributed by atoms with E-state index in [2.05, 4.69) is 58.4 Å². The van der Waals surface area contributed by atoms with Gasteiger partial charge in [-0.2, -0.15) is 0 Å². The van der Waals surface area contributed by atoms with Gasteiger partial charge in [0.25, 0.3) is 5.91 Å². The predicted octanol–water partition coefficient (Wildman–Crippen LogP) is 6.20. The van der Waals surface area contributed by atoms with Crippen LogP contribution in [-0.2, 0) is 17.8 Å². The summed E-state index contributed by atoms with van der Waals surface area (Å²) in [7, 11) is 0. The van der Waals surface area contributed by atoms with Gasteiger partial charge in [-0.15, -0.1) is 0 Å². The second-order valence-corrected chi connectivity index (χ2v) is 10.3. The number of para-hydroxylation sites is 1. The largest absolute Gasteiger partial charge is 0.358 e. The van der Waals surface area contributed by atoms with E-state index in [0.717, 1.165) is 35.7 Å². The van der Waals surface area contributed by atoms with Crippen molar-refractivity contribution in [2.75, 3.05) is 13.1 Å². The highest BCUT2D eigenvalue weighted by Crippen LogP contribution is 2.50. The molecule has 0 aliphatic carbocycles. The number of aromatic nitrogens is 1. The van der Waals surface area contributed by atoms with Gasteiger partial charge >= 0.3 is 0 Å². The first-order valence-electron chi connectivity index (χ1n) is 12.3. The quantitative estimate of drug-likeness (QED) is 0.379. The van der Waals surface area contributed by atoms with Gasteiger partial charge in [0.05, 0.1) is 6.04 Å². The van der Waals surface area contributed by atoms with Crippen LogP contribution in [0.3, 0.4) is 0 Å². The molecule has 5 heteroatoms. The minimum Gasteiger partial charge on any atom is -0.358 e. The molecule has 4 aromatic rings. The van der Waals surface area contributed by atoms with Gasteiger partial charge in [-0.05, 0) is 53.3 Å². The zero-order valence-electron chi connectivity index (χ0n) is 19.4. The number of hydrogen-bond acceptors (Lipinski definition) is 2. The summed E-state index contributed by atoms with van der Waals surface area (Å²) in [5.41, 5.74) is 8.44. The van der Waals surface area contributed by atoms with Gasteiger partial charge in [0.1, 0.15) is 5.70 Å². The molecular weight excluding hydrogens is 454 g/mol. The van der Waals surface area contributed by atoms with Gasteiger partial charge < -0.3 is 14.8 Å². The number of nitrogens with one attached hydrogen (secondary N) is 1. The Labute approximate surface area is 209 Å². The molecule has 4 heterocycles. The molecule has 1 amide bonds. The molecule has 35 heavy (non-hydrogen) atoms. The van der Waals surface area contributed by atoms with Crippen LogP contribution >= 0.6 is 11.6 Å². The summed E-state index contributed by atoms with van der Waals surface area (Å²) in [6, 6.07) is 27.2. The Morgan fingerprint density at radius 1 is 0.943 bits per heavy atom. The Hall–Kier alpha value is -3.50. The lowest BCUT2D eigenvalue weighted by Gasteiger charge is -2.43. The lowest BCUT2D eigenvalue weighted by atomic mass is 9.78. The van der Waals surface area contributed by atoms with Gasteiger partial charge in [-0.25, -0.2) is 0 Å². The van der Waals surface area contributed by atoms with E-state index >= 15 is 0 Å². The summed E-state index contributed by atoms with van der Waals surface area (Å²) in [5.74, 6) is 0.345. The monoisotopic (exact) mass is 479 g/mol. The molecular formula is C30H26ClN3O. The van der Waals surface area contributed by atoms with E-state index in [1.54, 1.807) is 0 Å². The Morgan fingerprint density at radius 3 is 2.54 bits per heavy atom. The minimum atomic E-state index is 0.159. The maximum Gasteiger partial charge on any atom is 0.270 e. The van der Waals surface area contributed by atoms with Gasteiger partial charge in [-0.3, -0.25) is 4.79 Å². The fraction of sp³-hybridized carbons (Fsp3) is 0.233. The van der Waals surface area contributed by atoms with Crippen molar-refractivity contribution in [3.05, 3.63) is 118 Å². The molecule has 0 spiro atoms. The molecule has 3 aliphatic heterocycles. The maximum atomic E-state index is 13.9. The van der Waals surface area contributed by atoms with E-state index < -0.39 is 0 Å². The zero-order chi connectivity index (χ0) is 23.5. The highest BCUT2D eigenvalue weighted by Gasteiger charge is 2.46. The van der Waals surface area contributed by atoms with E-state index in [0.29, 0.717) is 13.1 Å². The van der Waals surface area contributed by atoms with Crippen LogP contribution in [0.1, 0.15) is 40.8 Å². The minimum absolute atomic E-state index is 0.159. The van der Waals surface area contributed by atoms with Crippen molar-refractivity contribution in [2.45, 2.75) is 31.3 Å². The first kappa shape index (κ1) is 20.8. The molecule has 7 rings (SSSR count). The van der Waals surface area contributed by atoms with Crippen LogP contribution in [0.4, 0.5) is 0 Å².